The minimum atomic E-state index is -0.875. The Morgan fingerprint density at radius 1 is 1.04 bits per heavy atom. The largest absolute Gasteiger partial charge is 0.462 e. The van der Waals surface area contributed by atoms with E-state index >= 15 is 0 Å². The number of amides is 3. The van der Waals surface area contributed by atoms with Gasteiger partial charge in [0.2, 0.25) is 0 Å². The number of carbonyl (C=O) groups excluding carboxylic acids is 4. The van der Waals surface area contributed by atoms with Gasteiger partial charge in [-0.2, -0.15) is 5.01 Å². The highest BCUT2D eigenvalue weighted by atomic mass is 16.6. The fourth-order valence-corrected chi connectivity index (χ4v) is 2.58. The average molecular weight is 383 g/mol. The molecule has 10 heteroatoms. The summed E-state index contributed by atoms with van der Waals surface area (Å²) in [4.78, 5) is 58.8. The first-order valence-electron chi connectivity index (χ1n) is 8.09. The summed E-state index contributed by atoms with van der Waals surface area (Å²) in [7, 11) is 0. The molecule has 3 amide bonds. The number of nitrogens with zero attached hydrogens (tertiary/aromatic N) is 2. The molecule has 0 saturated carbocycles. The molecular formula is C18H13N3O7. The van der Waals surface area contributed by atoms with Gasteiger partial charge >= 0.3 is 5.97 Å². The van der Waals surface area contributed by atoms with E-state index in [0.29, 0.717) is 5.01 Å². The number of non-ortho nitro benzene ring substituents is 1. The Morgan fingerprint density at radius 3 is 2.25 bits per heavy atom. The summed E-state index contributed by atoms with van der Waals surface area (Å²) < 4.78 is 4.84. The van der Waals surface area contributed by atoms with Gasteiger partial charge in [-0.25, -0.2) is 4.79 Å². The van der Waals surface area contributed by atoms with Crippen molar-refractivity contribution in [3.05, 3.63) is 74.8 Å². The number of benzene rings is 2. The number of fused-ring (bicyclic) bond motifs is 1. The van der Waals surface area contributed by atoms with Crippen molar-refractivity contribution in [3.63, 3.8) is 0 Å². The Hall–Kier alpha value is -4.08. The standard InChI is InChI=1S/C18H13N3O7/c1-2-28-18(25)11-5-3-10(4-6-11)15(22)19-20-16(23)13-8-7-12(21(26)27)9-14(13)17(20)24/h3-9H,2H2,1H3,(H,19,22). The second kappa shape index (κ2) is 7.27. The van der Waals surface area contributed by atoms with Gasteiger partial charge in [-0.1, -0.05) is 0 Å². The number of carbonyl (C=O) groups is 4. The normalized spacial score (nSPS) is 12.5. The predicted octanol–water partition coefficient (Wildman–Crippen LogP) is 1.71. The predicted molar refractivity (Wildman–Crippen MR) is 93.5 cm³/mol. The van der Waals surface area contributed by atoms with Gasteiger partial charge in [-0.15, -0.1) is 0 Å². The lowest BCUT2D eigenvalue weighted by molar-refractivity contribution is -0.384. The lowest BCUT2D eigenvalue weighted by Gasteiger charge is -2.15. The quantitative estimate of drug-likeness (QED) is 0.359. The number of imide groups is 1. The third-order valence-corrected chi connectivity index (χ3v) is 3.95. The zero-order valence-electron chi connectivity index (χ0n) is 14.5. The Balaban J connectivity index is 1.77. The van der Waals surface area contributed by atoms with Gasteiger partial charge in [0.05, 0.1) is 28.2 Å². The maximum Gasteiger partial charge on any atom is 0.338 e. The molecule has 1 N–H and O–H groups in total. The number of hydrogen-bond donors (Lipinski definition) is 1. The van der Waals surface area contributed by atoms with E-state index in [1.807, 2.05) is 0 Å². The Morgan fingerprint density at radius 2 is 1.64 bits per heavy atom. The molecule has 10 nitrogen and oxygen atoms in total. The number of nitro benzene ring substituents is 1. The SMILES string of the molecule is CCOC(=O)c1ccc(C(=O)NN2C(=O)c3ccc([N+](=O)[O-])cc3C2=O)cc1. The van der Waals surface area contributed by atoms with Gasteiger partial charge in [-0.3, -0.25) is 29.9 Å². The summed E-state index contributed by atoms with van der Waals surface area (Å²) in [5, 5.41) is 11.3. The smallest absolute Gasteiger partial charge is 0.338 e. The Bertz CT molecular complexity index is 1010. The molecule has 0 aliphatic carbocycles. The molecule has 0 fully saturated rings. The lowest BCUT2D eigenvalue weighted by atomic mass is 10.1. The van der Waals surface area contributed by atoms with Crippen LogP contribution in [-0.4, -0.2) is 40.2 Å². The van der Waals surface area contributed by atoms with Crippen LogP contribution in [0.15, 0.2) is 42.5 Å². The van der Waals surface area contributed by atoms with Crippen LogP contribution < -0.4 is 5.43 Å². The zero-order chi connectivity index (χ0) is 20.4. The summed E-state index contributed by atoms with van der Waals surface area (Å²) in [6.45, 7) is 1.87. The molecule has 1 heterocycles. The van der Waals surface area contributed by atoms with E-state index in [1.54, 1.807) is 6.92 Å². The minimum Gasteiger partial charge on any atom is -0.462 e. The van der Waals surface area contributed by atoms with Gasteiger partial charge < -0.3 is 4.74 Å². The molecule has 1 aliphatic rings. The molecule has 0 spiro atoms. The molecule has 142 valence electrons. The first-order valence-corrected chi connectivity index (χ1v) is 8.09. The van der Waals surface area contributed by atoms with E-state index in [4.69, 9.17) is 4.74 Å². The third kappa shape index (κ3) is 3.30. The second-order valence-corrected chi connectivity index (χ2v) is 5.67. The molecule has 3 rings (SSSR count). The van der Waals surface area contributed by atoms with Crippen LogP contribution in [0, 0.1) is 10.1 Å². The van der Waals surface area contributed by atoms with Crippen LogP contribution in [0.4, 0.5) is 5.69 Å². The first kappa shape index (κ1) is 18.7. The molecule has 0 radical (unpaired) electrons. The van der Waals surface area contributed by atoms with Gasteiger partial charge in [0.25, 0.3) is 23.4 Å². The molecule has 0 aromatic heterocycles. The van der Waals surface area contributed by atoms with Crippen LogP contribution >= 0.6 is 0 Å². The van der Waals surface area contributed by atoms with Gasteiger partial charge in [0, 0.05) is 17.7 Å². The highest BCUT2D eigenvalue weighted by Crippen LogP contribution is 2.25. The Labute approximate surface area is 157 Å². The molecule has 2 aromatic carbocycles. The summed E-state index contributed by atoms with van der Waals surface area (Å²) in [6, 6.07) is 8.67. The van der Waals surface area contributed by atoms with Crippen LogP contribution in [0.2, 0.25) is 0 Å². The van der Waals surface area contributed by atoms with Crippen molar-refractivity contribution in [1.82, 2.24) is 10.4 Å². The van der Waals surface area contributed by atoms with Crippen molar-refractivity contribution < 1.29 is 28.8 Å². The van der Waals surface area contributed by atoms with Crippen molar-refractivity contribution in [2.45, 2.75) is 6.92 Å². The maximum absolute atomic E-state index is 12.4. The number of nitro groups is 1. The molecule has 0 unspecified atom stereocenters. The summed E-state index contributed by atoms with van der Waals surface area (Å²) in [5.41, 5.74) is 1.95. The van der Waals surface area contributed by atoms with Crippen molar-refractivity contribution in [1.29, 1.82) is 0 Å². The van der Waals surface area contributed by atoms with E-state index in [-0.39, 0.29) is 34.5 Å². The summed E-state index contributed by atoms with van der Waals surface area (Å²) in [6.07, 6.45) is 0. The van der Waals surface area contributed by atoms with E-state index in [2.05, 4.69) is 5.43 Å². The number of ether oxygens (including phenoxy) is 1. The van der Waals surface area contributed by atoms with Crippen molar-refractivity contribution >= 4 is 29.4 Å². The number of hydrogen-bond acceptors (Lipinski definition) is 7. The van der Waals surface area contributed by atoms with Crippen LogP contribution in [0.3, 0.4) is 0 Å². The van der Waals surface area contributed by atoms with Crippen molar-refractivity contribution in [3.8, 4) is 0 Å². The molecule has 28 heavy (non-hydrogen) atoms. The minimum absolute atomic E-state index is 0.0476. The van der Waals surface area contributed by atoms with Crippen molar-refractivity contribution in [2.75, 3.05) is 6.61 Å². The first-order chi connectivity index (χ1) is 13.3. The fourth-order valence-electron chi connectivity index (χ4n) is 2.58. The van der Waals surface area contributed by atoms with Gasteiger partial charge in [-0.05, 0) is 37.3 Å². The van der Waals surface area contributed by atoms with Crippen LogP contribution in [0.5, 0.6) is 0 Å². The number of nitrogens with one attached hydrogen (secondary N) is 1. The zero-order valence-corrected chi connectivity index (χ0v) is 14.5. The van der Waals surface area contributed by atoms with E-state index in [0.717, 1.165) is 18.2 Å². The molecule has 0 bridgehead atoms. The summed E-state index contributed by atoms with van der Waals surface area (Å²) in [5.74, 6) is -2.98. The van der Waals surface area contributed by atoms with E-state index in [1.165, 1.54) is 24.3 Å². The third-order valence-electron chi connectivity index (χ3n) is 3.95. The topological polar surface area (TPSA) is 136 Å². The number of rotatable bonds is 5. The second-order valence-electron chi connectivity index (χ2n) is 5.67. The Kier molecular flexibility index (Phi) is 4.86. The monoisotopic (exact) mass is 383 g/mol. The maximum atomic E-state index is 12.4. The van der Waals surface area contributed by atoms with Crippen LogP contribution in [0.1, 0.15) is 48.4 Å². The lowest BCUT2D eigenvalue weighted by Crippen LogP contribution is -2.45. The fraction of sp³-hybridized carbons (Fsp3) is 0.111. The molecular weight excluding hydrogens is 370 g/mol. The highest BCUT2D eigenvalue weighted by Gasteiger charge is 2.38. The van der Waals surface area contributed by atoms with Crippen molar-refractivity contribution in [2.24, 2.45) is 0 Å². The highest BCUT2D eigenvalue weighted by molar-refractivity contribution is 6.22. The summed E-state index contributed by atoms with van der Waals surface area (Å²) >= 11 is 0. The average Bonchev–Trinajstić information content (AvgIpc) is 2.92. The number of hydrazine groups is 1. The van der Waals surface area contributed by atoms with Crippen LogP contribution in [-0.2, 0) is 4.74 Å². The molecule has 2 aromatic rings. The molecule has 1 aliphatic heterocycles. The van der Waals surface area contributed by atoms with Gasteiger partial charge in [0.1, 0.15) is 0 Å². The van der Waals surface area contributed by atoms with E-state index < -0.39 is 28.6 Å². The molecule has 0 atom stereocenters. The van der Waals surface area contributed by atoms with E-state index in [9.17, 15) is 29.3 Å². The number of esters is 1. The van der Waals surface area contributed by atoms with Crippen LogP contribution in [0.25, 0.3) is 0 Å². The van der Waals surface area contributed by atoms with Gasteiger partial charge in [0.15, 0.2) is 0 Å². The molecule has 0 saturated heterocycles.